The van der Waals surface area contributed by atoms with Crippen LogP contribution in [0.4, 0.5) is 0 Å². The van der Waals surface area contributed by atoms with E-state index in [-0.39, 0.29) is 32.7 Å². The van der Waals surface area contributed by atoms with Crippen LogP contribution in [0.2, 0.25) is 0 Å². The molecule has 0 saturated heterocycles. The minimum atomic E-state index is -3.68. The van der Waals surface area contributed by atoms with Crippen LogP contribution < -0.4 is 0 Å². The molecule has 0 heterocycles. The third kappa shape index (κ3) is 13.5. The van der Waals surface area contributed by atoms with E-state index in [2.05, 4.69) is 9.03 Å². The Balaban J connectivity index is 0. The Kier molecular flexibility index (Phi) is 11.3. The van der Waals surface area contributed by atoms with Crippen molar-refractivity contribution >= 4 is 85.8 Å². The summed E-state index contributed by atoms with van der Waals surface area (Å²) in [5, 5.41) is 0. The minimum Gasteiger partial charge on any atom is -0.262 e. The maximum absolute atomic E-state index is 10.7. The predicted molar refractivity (Wildman–Crippen MR) is 62.8 cm³/mol. The van der Waals surface area contributed by atoms with E-state index in [1.165, 1.54) is 0 Å². The monoisotopic (exact) mass is 437 g/mol. The maximum atomic E-state index is 10.7. The van der Waals surface area contributed by atoms with Crippen molar-refractivity contribution in [1.82, 2.24) is 0 Å². The van der Waals surface area contributed by atoms with Crippen molar-refractivity contribution in [3.05, 3.63) is 0 Å². The molecule has 0 aliphatic rings. The zero-order valence-electron chi connectivity index (χ0n) is 5.54. The van der Waals surface area contributed by atoms with Gasteiger partial charge in [-0.2, -0.15) is 4.52 Å². The fourth-order valence-electron chi connectivity index (χ4n) is 0.236. The van der Waals surface area contributed by atoms with Crippen molar-refractivity contribution in [3.8, 4) is 0 Å². The molecule has 0 amide bonds. The van der Waals surface area contributed by atoms with Crippen LogP contribution in [0.3, 0.4) is 0 Å². The third-order valence-corrected chi connectivity index (χ3v) is 8.82. The summed E-state index contributed by atoms with van der Waals surface area (Å²) in [6.07, 6.45) is -2.04. The largest absolute Gasteiger partial charge is 0.366 e. The second-order valence-electron chi connectivity index (χ2n) is 1.32. The van der Waals surface area contributed by atoms with Crippen LogP contribution >= 0.6 is 85.8 Å². The van der Waals surface area contributed by atoms with E-state index >= 15 is 0 Å². The molecular weight excluding hydrogens is 439 g/mol. The SMILES string of the molecule is O=P(Cl)(Cl)N=P(Cl)(Cl)N=[PH](Cl)Cl.[Y]. The van der Waals surface area contributed by atoms with Gasteiger partial charge in [-0.3, -0.25) is 4.57 Å². The van der Waals surface area contributed by atoms with Gasteiger partial charge in [0.15, 0.2) is 0 Å². The molecule has 0 rings (SSSR count). The van der Waals surface area contributed by atoms with Crippen LogP contribution in [0, 0.1) is 0 Å². The predicted octanol–water partition coefficient (Wildman–Crippen LogP) is 6.70. The van der Waals surface area contributed by atoms with Crippen LogP contribution in [0.1, 0.15) is 0 Å². The van der Waals surface area contributed by atoms with E-state index in [4.69, 9.17) is 67.4 Å². The summed E-state index contributed by atoms with van der Waals surface area (Å²) in [6.45, 7) is 0. The van der Waals surface area contributed by atoms with Crippen molar-refractivity contribution in [3.63, 3.8) is 0 Å². The molecule has 13 heteroatoms. The number of nitrogens with zero attached hydrogens (tertiary/aromatic N) is 2. The quantitative estimate of drug-likeness (QED) is 0.442. The summed E-state index contributed by atoms with van der Waals surface area (Å²) in [5.41, 5.74) is 0. The van der Waals surface area contributed by atoms with Gasteiger partial charge in [0.2, 0.25) is 0 Å². The number of hydrogen-bond acceptors (Lipinski definition) is 1. The average molecular weight is 440 g/mol. The topological polar surface area (TPSA) is 41.8 Å². The number of halogens is 6. The van der Waals surface area contributed by atoms with Gasteiger partial charge in [0.05, 0.1) is 0 Å². The Morgan fingerprint density at radius 3 is 1.69 bits per heavy atom. The first-order valence-electron chi connectivity index (χ1n) is 2.06. The molecule has 77 valence electrons. The number of hydrogen-bond donors (Lipinski definition) is 0. The van der Waals surface area contributed by atoms with E-state index in [1.807, 2.05) is 0 Å². The minimum absolute atomic E-state index is 0. The van der Waals surface area contributed by atoms with Gasteiger partial charge in [-0.25, -0.2) is 4.52 Å². The molecule has 0 bridgehead atoms. The summed E-state index contributed by atoms with van der Waals surface area (Å²) in [4.78, 5) is 0. The van der Waals surface area contributed by atoms with Crippen LogP contribution in [-0.4, -0.2) is 0 Å². The number of rotatable bonds is 2. The smallest absolute Gasteiger partial charge is 0.262 e. The Labute approximate surface area is 130 Å². The molecule has 13 heavy (non-hydrogen) atoms. The first-order chi connectivity index (χ1) is 5.12. The summed E-state index contributed by atoms with van der Waals surface area (Å²) in [7, 11) is 0. The fourth-order valence-corrected chi connectivity index (χ4v) is 11.9. The second kappa shape index (κ2) is 7.78. The van der Waals surface area contributed by atoms with Crippen molar-refractivity contribution in [2.24, 2.45) is 9.03 Å². The van der Waals surface area contributed by atoms with E-state index in [9.17, 15) is 4.57 Å². The van der Waals surface area contributed by atoms with Gasteiger partial charge in [0.25, 0.3) is 5.91 Å². The van der Waals surface area contributed by atoms with Crippen LogP contribution in [0.5, 0.6) is 0 Å². The molecule has 0 N–H and O–H groups in total. The fraction of sp³-hybridized carbons (Fsp3) is 0. The van der Waals surface area contributed by atoms with Gasteiger partial charge >= 0.3 is 6.00 Å². The van der Waals surface area contributed by atoms with E-state index in [0.29, 0.717) is 0 Å². The van der Waals surface area contributed by atoms with Crippen molar-refractivity contribution in [1.29, 1.82) is 0 Å². The van der Waals surface area contributed by atoms with Gasteiger partial charge in [-0.15, -0.1) is 0 Å². The maximum Gasteiger partial charge on any atom is 0.366 e. The molecule has 0 fully saturated rings. The molecule has 0 unspecified atom stereocenters. The van der Waals surface area contributed by atoms with Crippen molar-refractivity contribution in [2.75, 3.05) is 0 Å². The first-order valence-corrected chi connectivity index (χ1v) is 12.5. The Hall–Kier alpha value is 3.53. The van der Waals surface area contributed by atoms with E-state index in [1.54, 1.807) is 0 Å². The van der Waals surface area contributed by atoms with Gasteiger partial charge in [0, 0.05) is 32.7 Å². The Morgan fingerprint density at radius 1 is 1.08 bits per heavy atom. The van der Waals surface area contributed by atoms with Gasteiger partial charge in [-0.1, -0.05) is 22.5 Å². The summed E-state index contributed by atoms with van der Waals surface area (Å²) < 4.78 is 17.4. The molecule has 0 aliphatic heterocycles. The van der Waals surface area contributed by atoms with Gasteiger partial charge in [0.1, 0.15) is 6.42 Å². The summed E-state index contributed by atoms with van der Waals surface area (Å²) in [5.74, 6) is -6.85. The Morgan fingerprint density at radius 2 is 1.46 bits per heavy atom. The first kappa shape index (κ1) is 18.9. The van der Waals surface area contributed by atoms with Gasteiger partial charge in [-0.05, 0) is 45.0 Å². The molecule has 0 saturated carbocycles. The molecule has 0 aromatic carbocycles. The zero-order valence-corrected chi connectivity index (χ0v) is 15.7. The van der Waals surface area contributed by atoms with Crippen LogP contribution in [-0.2, 0) is 37.3 Å². The molecule has 0 spiro atoms. The standard InChI is InChI=1S/Cl6HN2OP3.Y/c1-10(2)7-11(3,4)8-12(5,6)9;/h10H;. The van der Waals surface area contributed by atoms with E-state index < -0.39 is 18.3 Å². The second-order valence-corrected chi connectivity index (χ2v) is 14.4. The molecule has 3 nitrogen and oxygen atoms in total. The van der Waals surface area contributed by atoms with Crippen molar-refractivity contribution < 1.29 is 37.3 Å². The van der Waals surface area contributed by atoms with Crippen LogP contribution in [0.25, 0.3) is 0 Å². The molecule has 0 atom stereocenters. The molecule has 0 aromatic rings. The molecule has 1 radical (unpaired) electrons. The molecular formula is HCl6N2OP3Y. The molecule has 0 aromatic heterocycles. The van der Waals surface area contributed by atoms with Crippen molar-refractivity contribution in [2.45, 2.75) is 0 Å². The average Bonchev–Trinajstić information content (AvgIpc) is 1.48. The zero-order chi connectivity index (χ0) is 9.99. The van der Waals surface area contributed by atoms with Gasteiger partial charge < -0.3 is 0 Å². The summed E-state index contributed by atoms with van der Waals surface area (Å²) >= 11 is 31.7. The molecule has 0 aliphatic carbocycles. The third-order valence-electron chi connectivity index (χ3n) is 0.408. The Bertz CT molecular complexity index is 284. The normalized spacial score (nSPS) is 12.2. The van der Waals surface area contributed by atoms with Crippen LogP contribution in [0.15, 0.2) is 9.03 Å². The van der Waals surface area contributed by atoms with E-state index in [0.717, 1.165) is 0 Å². The summed E-state index contributed by atoms with van der Waals surface area (Å²) in [6, 6.07) is 0.